The summed E-state index contributed by atoms with van der Waals surface area (Å²) in [5.41, 5.74) is 10.9. The number of fused-ring (bicyclic) bond motifs is 1. The molecule has 1 fully saturated rings. The van der Waals surface area contributed by atoms with Crippen LogP contribution >= 0.6 is 0 Å². The smallest absolute Gasteiger partial charge is 0.259 e. The first-order valence-corrected chi connectivity index (χ1v) is 9.69. The Balaban J connectivity index is 1.61. The van der Waals surface area contributed by atoms with Crippen molar-refractivity contribution in [3.8, 4) is 22.8 Å². The molecule has 1 aromatic carbocycles. The first-order chi connectivity index (χ1) is 13.8. The van der Waals surface area contributed by atoms with Gasteiger partial charge < -0.3 is 14.8 Å². The molecule has 3 heterocycles. The van der Waals surface area contributed by atoms with Crippen molar-refractivity contribution < 1.29 is 9.05 Å². The summed E-state index contributed by atoms with van der Waals surface area (Å²) in [5, 5.41) is 9.30. The van der Waals surface area contributed by atoms with Gasteiger partial charge in [0.15, 0.2) is 0 Å². The third kappa shape index (κ3) is 2.97. The largest absolute Gasteiger partial charge is 0.336 e. The maximum Gasteiger partial charge on any atom is 0.259 e. The van der Waals surface area contributed by atoms with Gasteiger partial charge in [-0.15, -0.1) is 0 Å². The van der Waals surface area contributed by atoms with Gasteiger partial charge in [0.2, 0.25) is 5.82 Å². The highest BCUT2D eigenvalue weighted by molar-refractivity contribution is 5.92. The van der Waals surface area contributed by atoms with Crippen LogP contribution in [0.25, 0.3) is 33.9 Å². The van der Waals surface area contributed by atoms with Crippen LogP contribution in [0.15, 0.2) is 39.4 Å². The zero-order valence-corrected chi connectivity index (χ0v) is 15.7. The number of nitrogens with zero attached hydrogens (tertiary/aromatic N) is 4. The van der Waals surface area contributed by atoms with E-state index in [9.17, 15) is 0 Å². The number of pyridine rings is 1. The zero-order chi connectivity index (χ0) is 19.1. The summed E-state index contributed by atoms with van der Waals surface area (Å²) < 4.78 is 11.2. The first-order valence-electron chi connectivity index (χ1n) is 9.69. The van der Waals surface area contributed by atoms with Crippen molar-refractivity contribution in [2.45, 2.75) is 45.1 Å². The van der Waals surface area contributed by atoms with Crippen LogP contribution in [0.3, 0.4) is 0 Å². The van der Waals surface area contributed by atoms with E-state index in [0.29, 0.717) is 29.9 Å². The molecule has 7 heteroatoms. The molecule has 3 aromatic heterocycles. The lowest BCUT2D eigenvalue weighted by molar-refractivity contribution is 0.432. The molecule has 4 aromatic rings. The van der Waals surface area contributed by atoms with Crippen molar-refractivity contribution in [3.05, 3.63) is 47.3 Å². The van der Waals surface area contributed by atoms with Crippen LogP contribution in [-0.2, 0) is 13.0 Å². The highest BCUT2D eigenvalue weighted by atomic mass is 16.5. The van der Waals surface area contributed by atoms with Gasteiger partial charge in [-0.3, -0.25) is 0 Å². The molecule has 5 rings (SSSR count). The summed E-state index contributed by atoms with van der Waals surface area (Å²) in [6, 6.07) is 9.92. The Morgan fingerprint density at radius 2 is 1.89 bits per heavy atom. The maximum absolute atomic E-state index is 5.67. The van der Waals surface area contributed by atoms with Crippen LogP contribution in [0.1, 0.15) is 49.1 Å². The Hall–Kier alpha value is -3.06. The molecule has 0 radical (unpaired) electrons. The summed E-state index contributed by atoms with van der Waals surface area (Å²) in [7, 11) is 0. The molecule has 7 nitrogen and oxygen atoms in total. The fraction of sp³-hybridized carbons (Fsp3) is 0.333. The van der Waals surface area contributed by atoms with Crippen LogP contribution in [0.4, 0.5) is 0 Å². The molecule has 0 amide bonds. The van der Waals surface area contributed by atoms with Gasteiger partial charge in [-0.1, -0.05) is 47.9 Å². The monoisotopic (exact) mass is 375 g/mol. The normalized spacial score (nSPS) is 14.1. The number of hydrogen-bond acceptors (Lipinski definition) is 7. The number of benzene rings is 1. The van der Waals surface area contributed by atoms with E-state index in [-0.39, 0.29) is 0 Å². The van der Waals surface area contributed by atoms with E-state index >= 15 is 0 Å². The molecule has 0 atom stereocenters. The number of aromatic nitrogens is 4. The van der Waals surface area contributed by atoms with Crippen LogP contribution in [0, 0.1) is 0 Å². The molecule has 28 heavy (non-hydrogen) atoms. The molecule has 1 aliphatic rings. The van der Waals surface area contributed by atoms with Crippen LogP contribution in [0.2, 0.25) is 0 Å². The third-order valence-electron chi connectivity index (χ3n) is 5.12. The number of rotatable bonds is 6. The predicted molar refractivity (Wildman–Crippen MR) is 104 cm³/mol. The van der Waals surface area contributed by atoms with Crippen molar-refractivity contribution in [1.82, 2.24) is 20.3 Å². The molecule has 0 aliphatic heterocycles. The maximum atomic E-state index is 5.67. The first kappa shape index (κ1) is 17.1. The molecule has 0 bridgehead atoms. The topological polar surface area (TPSA) is 104 Å². The van der Waals surface area contributed by atoms with Crippen LogP contribution < -0.4 is 5.73 Å². The lowest BCUT2D eigenvalue weighted by Crippen LogP contribution is -1.95. The highest BCUT2D eigenvalue weighted by Crippen LogP contribution is 2.42. The van der Waals surface area contributed by atoms with E-state index in [1.54, 1.807) is 0 Å². The van der Waals surface area contributed by atoms with Crippen molar-refractivity contribution in [1.29, 1.82) is 0 Å². The van der Waals surface area contributed by atoms with E-state index in [1.165, 1.54) is 0 Å². The van der Waals surface area contributed by atoms with E-state index in [1.807, 2.05) is 24.3 Å². The summed E-state index contributed by atoms with van der Waals surface area (Å²) in [5.74, 6) is 1.49. The van der Waals surface area contributed by atoms with Crippen molar-refractivity contribution in [2.24, 2.45) is 5.73 Å². The molecule has 0 spiro atoms. The van der Waals surface area contributed by atoms with E-state index < -0.39 is 0 Å². The van der Waals surface area contributed by atoms with Gasteiger partial charge in [0.1, 0.15) is 0 Å². The summed E-state index contributed by atoms with van der Waals surface area (Å²) in [6.45, 7) is 2.62. The van der Waals surface area contributed by atoms with E-state index in [2.05, 4.69) is 33.3 Å². The van der Waals surface area contributed by atoms with Crippen LogP contribution in [0.5, 0.6) is 0 Å². The Labute approximate surface area is 161 Å². The second kappa shape index (κ2) is 6.83. The minimum atomic E-state index is 0.466. The molecule has 0 unspecified atom stereocenters. The Morgan fingerprint density at radius 1 is 1.07 bits per heavy atom. The van der Waals surface area contributed by atoms with Crippen LogP contribution in [-0.4, -0.2) is 20.3 Å². The lowest BCUT2D eigenvalue weighted by Gasteiger charge is -2.02. The van der Waals surface area contributed by atoms with Crippen molar-refractivity contribution >= 4 is 11.1 Å². The predicted octanol–water partition coefficient (Wildman–Crippen LogP) is 4.23. The summed E-state index contributed by atoms with van der Waals surface area (Å²) >= 11 is 0. The van der Waals surface area contributed by atoms with Gasteiger partial charge in [0.05, 0.1) is 16.6 Å². The van der Waals surface area contributed by atoms with Gasteiger partial charge in [0.25, 0.3) is 11.6 Å². The SMILES string of the molecule is CCCc1noc2nc(C3CC3)cc(-c3nc(-c4ccc(CN)cc4)no3)c12. The van der Waals surface area contributed by atoms with E-state index in [4.69, 9.17) is 14.8 Å². The minimum absolute atomic E-state index is 0.466. The standard InChI is InChI=1S/C21H21N5O2/c1-2-3-16-18-15(10-17(13-8-9-13)23-21(18)28-25-16)20-24-19(26-27-20)14-6-4-12(11-22)5-7-14/h4-7,10,13H,2-3,8-9,11,22H2,1H3. The fourth-order valence-electron chi connectivity index (χ4n) is 3.43. The van der Waals surface area contributed by atoms with E-state index in [0.717, 1.165) is 59.1 Å². The van der Waals surface area contributed by atoms with Gasteiger partial charge in [-0.2, -0.15) is 4.98 Å². The zero-order valence-electron chi connectivity index (χ0n) is 15.7. The average molecular weight is 375 g/mol. The van der Waals surface area contributed by atoms with Gasteiger partial charge >= 0.3 is 0 Å². The summed E-state index contributed by atoms with van der Waals surface area (Å²) in [6.07, 6.45) is 4.08. The lowest BCUT2D eigenvalue weighted by atomic mass is 10.1. The minimum Gasteiger partial charge on any atom is -0.336 e. The number of hydrogen-bond donors (Lipinski definition) is 1. The fourth-order valence-corrected chi connectivity index (χ4v) is 3.43. The third-order valence-corrected chi connectivity index (χ3v) is 5.12. The van der Waals surface area contributed by atoms with Gasteiger partial charge in [-0.25, -0.2) is 4.98 Å². The van der Waals surface area contributed by atoms with Crippen molar-refractivity contribution in [3.63, 3.8) is 0 Å². The Kier molecular flexibility index (Phi) is 4.16. The Morgan fingerprint density at radius 3 is 2.61 bits per heavy atom. The molecule has 1 aliphatic carbocycles. The molecular weight excluding hydrogens is 354 g/mol. The summed E-state index contributed by atoms with van der Waals surface area (Å²) in [4.78, 5) is 9.33. The molecular formula is C21H21N5O2. The average Bonchev–Trinajstić information content (AvgIpc) is 3.33. The number of nitrogens with two attached hydrogens (primary N) is 1. The van der Waals surface area contributed by atoms with Crippen molar-refractivity contribution in [2.75, 3.05) is 0 Å². The molecule has 2 N–H and O–H groups in total. The van der Waals surface area contributed by atoms with Gasteiger partial charge in [0, 0.05) is 23.7 Å². The quantitative estimate of drug-likeness (QED) is 0.538. The number of aryl methyl sites for hydroxylation is 1. The second-order valence-corrected chi connectivity index (χ2v) is 7.25. The van der Waals surface area contributed by atoms with Gasteiger partial charge in [-0.05, 0) is 30.9 Å². The molecule has 0 saturated heterocycles. The second-order valence-electron chi connectivity index (χ2n) is 7.25. The Bertz CT molecular complexity index is 1130. The molecule has 142 valence electrons. The molecule has 1 saturated carbocycles. The highest BCUT2D eigenvalue weighted by Gasteiger charge is 2.29.